The molecule has 1 aliphatic heterocycles. The van der Waals surface area contributed by atoms with Gasteiger partial charge in [-0.1, -0.05) is 0 Å². The van der Waals surface area contributed by atoms with Gasteiger partial charge in [0.1, 0.15) is 12.0 Å². The molecular weight excluding hydrogens is 130 g/mol. The standard InChI is InChI=1S/C6H13N3O/c1-4(2)10-6-3-5(7)8-9-6/h3-4,6,8-9H,7H2,1-2H3. The number of hydrogen-bond donors (Lipinski definition) is 3. The maximum absolute atomic E-state index is 5.41. The Balaban J connectivity index is 2.31. The highest BCUT2D eigenvalue weighted by Gasteiger charge is 2.12. The topological polar surface area (TPSA) is 59.3 Å². The molecule has 0 saturated carbocycles. The van der Waals surface area contributed by atoms with E-state index in [-0.39, 0.29) is 12.3 Å². The number of hydrazine groups is 1. The van der Waals surface area contributed by atoms with E-state index in [9.17, 15) is 0 Å². The van der Waals surface area contributed by atoms with Gasteiger partial charge in [0.2, 0.25) is 0 Å². The molecule has 4 nitrogen and oxygen atoms in total. The first-order valence-electron chi connectivity index (χ1n) is 3.33. The fraction of sp³-hybridized carbons (Fsp3) is 0.667. The molecule has 4 N–H and O–H groups in total. The van der Waals surface area contributed by atoms with Crippen LogP contribution in [0.5, 0.6) is 0 Å². The molecule has 0 saturated heterocycles. The Kier molecular flexibility index (Phi) is 2.13. The first kappa shape index (κ1) is 7.37. The highest BCUT2D eigenvalue weighted by molar-refractivity contribution is 5.02. The van der Waals surface area contributed by atoms with Crippen molar-refractivity contribution in [3.8, 4) is 0 Å². The van der Waals surface area contributed by atoms with Gasteiger partial charge in [-0.05, 0) is 13.8 Å². The Morgan fingerprint density at radius 2 is 2.40 bits per heavy atom. The lowest BCUT2D eigenvalue weighted by molar-refractivity contribution is 0.0176. The van der Waals surface area contributed by atoms with Crippen molar-refractivity contribution in [3.05, 3.63) is 11.9 Å². The van der Waals surface area contributed by atoms with Crippen molar-refractivity contribution in [2.24, 2.45) is 5.73 Å². The Morgan fingerprint density at radius 1 is 1.70 bits per heavy atom. The fourth-order valence-electron chi connectivity index (χ4n) is 0.767. The van der Waals surface area contributed by atoms with E-state index in [0.29, 0.717) is 5.82 Å². The zero-order valence-corrected chi connectivity index (χ0v) is 6.22. The summed E-state index contributed by atoms with van der Waals surface area (Å²) < 4.78 is 5.35. The van der Waals surface area contributed by atoms with Gasteiger partial charge in [0, 0.05) is 6.08 Å². The van der Waals surface area contributed by atoms with E-state index >= 15 is 0 Å². The van der Waals surface area contributed by atoms with E-state index < -0.39 is 0 Å². The minimum absolute atomic E-state index is 0.0833. The largest absolute Gasteiger partial charge is 0.385 e. The van der Waals surface area contributed by atoms with Crippen molar-refractivity contribution in [2.75, 3.05) is 0 Å². The van der Waals surface area contributed by atoms with Gasteiger partial charge in [-0.3, -0.25) is 0 Å². The molecule has 10 heavy (non-hydrogen) atoms. The highest BCUT2D eigenvalue weighted by Crippen LogP contribution is 2.00. The zero-order valence-electron chi connectivity index (χ0n) is 6.22. The molecule has 1 atom stereocenters. The van der Waals surface area contributed by atoms with E-state index in [1.54, 1.807) is 6.08 Å². The molecular formula is C6H13N3O. The summed E-state index contributed by atoms with van der Waals surface area (Å²) in [4.78, 5) is 0. The summed E-state index contributed by atoms with van der Waals surface area (Å²) in [6, 6.07) is 0. The fourth-order valence-corrected chi connectivity index (χ4v) is 0.767. The summed E-state index contributed by atoms with van der Waals surface area (Å²) in [5, 5.41) is 0. The third-order valence-corrected chi connectivity index (χ3v) is 1.11. The van der Waals surface area contributed by atoms with Crippen molar-refractivity contribution in [3.63, 3.8) is 0 Å². The summed E-state index contributed by atoms with van der Waals surface area (Å²) in [6.07, 6.45) is 1.92. The summed E-state index contributed by atoms with van der Waals surface area (Å²) >= 11 is 0. The van der Waals surface area contributed by atoms with Crippen LogP contribution in [-0.2, 0) is 4.74 Å². The van der Waals surface area contributed by atoms with Crippen LogP contribution in [0.15, 0.2) is 11.9 Å². The van der Waals surface area contributed by atoms with Crippen LogP contribution in [0, 0.1) is 0 Å². The second kappa shape index (κ2) is 2.90. The number of ether oxygens (including phenoxy) is 1. The minimum atomic E-state index is -0.0833. The van der Waals surface area contributed by atoms with E-state index in [2.05, 4.69) is 10.9 Å². The van der Waals surface area contributed by atoms with Gasteiger partial charge < -0.3 is 15.9 Å². The zero-order chi connectivity index (χ0) is 7.56. The lowest BCUT2D eigenvalue weighted by Crippen LogP contribution is -2.36. The van der Waals surface area contributed by atoms with Crippen LogP contribution < -0.4 is 16.6 Å². The molecule has 1 aliphatic rings. The molecule has 0 spiro atoms. The van der Waals surface area contributed by atoms with Gasteiger partial charge in [0.25, 0.3) is 0 Å². The molecule has 0 aromatic heterocycles. The number of hydrogen-bond acceptors (Lipinski definition) is 4. The molecule has 0 fully saturated rings. The Labute approximate surface area is 60.4 Å². The SMILES string of the molecule is CC(C)OC1C=C(N)NN1. The van der Waals surface area contributed by atoms with E-state index in [1.165, 1.54) is 0 Å². The summed E-state index contributed by atoms with van der Waals surface area (Å²) in [6.45, 7) is 3.95. The molecule has 4 heteroatoms. The van der Waals surface area contributed by atoms with Crippen LogP contribution in [0.2, 0.25) is 0 Å². The molecule has 0 bridgehead atoms. The van der Waals surface area contributed by atoms with E-state index in [4.69, 9.17) is 10.5 Å². The Morgan fingerprint density at radius 3 is 2.80 bits per heavy atom. The van der Waals surface area contributed by atoms with Crippen LogP contribution in [-0.4, -0.2) is 12.3 Å². The van der Waals surface area contributed by atoms with Crippen molar-refractivity contribution in [2.45, 2.75) is 26.2 Å². The predicted octanol–water partition coefficient (Wildman–Crippen LogP) is -0.355. The minimum Gasteiger partial charge on any atom is -0.385 e. The summed E-state index contributed by atoms with van der Waals surface area (Å²) in [7, 11) is 0. The molecule has 1 heterocycles. The van der Waals surface area contributed by atoms with Gasteiger partial charge in [0.15, 0.2) is 0 Å². The first-order chi connectivity index (χ1) is 4.68. The van der Waals surface area contributed by atoms with Crippen molar-refractivity contribution >= 4 is 0 Å². The lowest BCUT2D eigenvalue weighted by Gasteiger charge is -2.12. The molecule has 1 rings (SSSR count). The monoisotopic (exact) mass is 143 g/mol. The Bertz CT molecular complexity index is 144. The van der Waals surface area contributed by atoms with Crippen LogP contribution in [0.25, 0.3) is 0 Å². The maximum Gasteiger partial charge on any atom is 0.147 e. The van der Waals surface area contributed by atoms with Crippen molar-refractivity contribution < 1.29 is 4.74 Å². The third-order valence-electron chi connectivity index (χ3n) is 1.11. The second-order valence-electron chi connectivity index (χ2n) is 2.50. The Hall–Kier alpha value is -0.740. The van der Waals surface area contributed by atoms with Crippen LogP contribution in [0.3, 0.4) is 0 Å². The first-order valence-corrected chi connectivity index (χ1v) is 3.33. The van der Waals surface area contributed by atoms with Crippen LogP contribution in [0.1, 0.15) is 13.8 Å². The van der Waals surface area contributed by atoms with Crippen molar-refractivity contribution in [1.82, 2.24) is 10.9 Å². The normalized spacial score (nSPS) is 24.7. The molecule has 0 aromatic rings. The van der Waals surface area contributed by atoms with Crippen molar-refractivity contribution in [1.29, 1.82) is 0 Å². The maximum atomic E-state index is 5.41. The lowest BCUT2D eigenvalue weighted by atomic mass is 10.4. The molecule has 0 amide bonds. The summed E-state index contributed by atoms with van der Waals surface area (Å²) in [5.74, 6) is 0.616. The average molecular weight is 143 g/mol. The summed E-state index contributed by atoms with van der Waals surface area (Å²) in [5.41, 5.74) is 11.0. The quantitative estimate of drug-likeness (QED) is 0.494. The van der Waals surface area contributed by atoms with E-state index in [1.807, 2.05) is 13.8 Å². The number of rotatable bonds is 2. The number of nitrogens with two attached hydrogens (primary N) is 1. The average Bonchev–Trinajstić information content (AvgIpc) is 2.13. The third kappa shape index (κ3) is 1.89. The van der Waals surface area contributed by atoms with Gasteiger partial charge in [-0.15, -0.1) is 0 Å². The smallest absolute Gasteiger partial charge is 0.147 e. The van der Waals surface area contributed by atoms with Crippen LogP contribution in [0.4, 0.5) is 0 Å². The van der Waals surface area contributed by atoms with Gasteiger partial charge in [-0.25, -0.2) is 5.43 Å². The predicted molar refractivity (Wildman–Crippen MR) is 38.6 cm³/mol. The van der Waals surface area contributed by atoms with Gasteiger partial charge in [-0.2, -0.15) is 0 Å². The van der Waals surface area contributed by atoms with Gasteiger partial charge in [0.05, 0.1) is 6.10 Å². The van der Waals surface area contributed by atoms with E-state index in [0.717, 1.165) is 0 Å². The molecule has 1 unspecified atom stereocenters. The molecule has 58 valence electrons. The van der Waals surface area contributed by atoms with Gasteiger partial charge >= 0.3 is 0 Å². The second-order valence-corrected chi connectivity index (χ2v) is 2.50. The molecule has 0 aromatic carbocycles. The molecule has 0 aliphatic carbocycles. The highest BCUT2D eigenvalue weighted by atomic mass is 16.5. The molecule has 0 radical (unpaired) electrons. The number of nitrogens with one attached hydrogen (secondary N) is 2. The van der Waals surface area contributed by atoms with Crippen LogP contribution >= 0.6 is 0 Å².